The lowest BCUT2D eigenvalue weighted by Gasteiger charge is -2.08. The van der Waals surface area contributed by atoms with Crippen molar-refractivity contribution in [3.63, 3.8) is 0 Å². The molecule has 0 aliphatic rings. The second-order valence-electron chi connectivity index (χ2n) is 4.57. The van der Waals surface area contributed by atoms with Crippen molar-refractivity contribution in [2.24, 2.45) is 5.73 Å². The maximum absolute atomic E-state index is 12.1. The molecule has 0 bridgehead atoms. The van der Waals surface area contributed by atoms with Gasteiger partial charge in [0.25, 0.3) is 5.91 Å². The van der Waals surface area contributed by atoms with Crippen LogP contribution in [-0.2, 0) is 6.54 Å². The van der Waals surface area contributed by atoms with Crippen LogP contribution in [0.3, 0.4) is 0 Å². The number of nitrogens with zero attached hydrogens (tertiary/aromatic N) is 1. The molecule has 5 nitrogen and oxygen atoms in total. The topological polar surface area (TPSA) is 77.2 Å². The van der Waals surface area contributed by atoms with E-state index in [0.717, 1.165) is 17.9 Å². The maximum atomic E-state index is 12.1. The molecular weight excluding hydrogens is 266 g/mol. The summed E-state index contributed by atoms with van der Waals surface area (Å²) in [6.45, 7) is 3.05. The van der Waals surface area contributed by atoms with Crippen molar-refractivity contribution < 1.29 is 9.53 Å². The standard InChI is InChI=1S/C16H19N3O2/c1-2-9-21-15-5-3-13(4-6-15)19-16(20)12-7-8-18-14(10-12)11-17/h3-8,10H,2,9,11,17H2,1H3,(H,19,20). The number of pyridine rings is 1. The van der Waals surface area contributed by atoms with Crippen LogP contribution in [-0.4, -0.2) is 17.5 Å². The summed E-state index contributed by atoms with van der Waals surface area (Å²) in [5, 5.41) is 2.83. The van der Waals surface area contributed by atoms with Crippen LogP contribution in [0.4, 0.5) is 5.69 Å². The van der Waals surface area contributed by atoms with E-state index >= 15 is 0 Å². The Morgan fingerprint density at radius 1 is 1.29 bits per heavy atom. The molecule has 21 heavy (non-hydrogen) atoms. The van der Waals surface area contributed by atoms with Gasteiger partial charge in [0.05, 0.1) is 12.3 Å². The molecule has 1 amide bonds. The van der Waals surface area contributed by atoms with E-state index in [1.54, 1.807) is 18.3 Å². The molecule has 1 heterocycles. The van der Waals surface area contributed by atoms with Gasteiger partial charge < -0.3 is 15.8 Å². The SMILES string of the molecule is CCCOc1ccc(NC(=O)c2ccnc(CN)c2)cc1. The lowest BCUT2D eigenvalue weighted by molar-refractivity contribution is 0.102. The molecular formula is C16H19N3O2. The fourth-order valence-corrected chi connectivity index (χ4v) is 1.79. The number of carbonyl (C=O) groups is 1. The largest absolute Gasteiger partial charge is 0.494 e. The van der Waals surface area contributed by atoms with Crippen molar-refractivity contribution in [2.45, 2.75) is 19.9 Å². The van der Waals surface area contributed by atoms with E-state index in [0.29, 0.717) is 24.4 Å². The van der Waals surface area contributed by atoms with Crippen molar-refractivity contribution in [3.8, 4) is 5.75 Å². The Balaban J connectivity index is 2.01. The van der Waals surface area contributed by atoms with Gasteiger partial charge in [-0.25, -0.2) is 0 Å². The number of carbonyl (C=O) groups excluding carboxylic acids is 1. The van der Waals surface area contributed by atoms with E-state index in [2.05, 4.69) is 17.2 Å². The van der Waals surface area contributed by atoms with Crippen molar-refractivity contribution >= 4 is 11.6 Å². The first-order valence-corrected chi connectivity index (χ1v) is 6.92. The molecule has 1 aromatic heterocycles. The second-order valence-corrected chi connectivity index (χ2v) is 4.57. The summed E-state index contributed by atoms with van der Waals surface area (Å²) in [6, 6.07) is 10.6. The molecule has 0 fully saturated rings. The molecule has 110 valence electrons. The second kappa shape index (κ2) is 7.40. The molecule has 5 heteroatoms. The minimum atomic E-state index is -0.186. The van der Waals surface area contributed by atoms with Gasteiger partial charge in [0.2, 0.25) is 0 Å². The van der Waals surface area contributed by atoms with Crippen LogP contribution in [0.25, 0.3) is 0 Å². The quantitative estimate of drug-likeness (QED) is 0.855. The molecule has 0 aliphatic carbocycles. The molecule has 0 saturated carbocycles. The Bertz CT molecular complexity index is 597. The summed E-state index contributed by atoms with van der Waals surface area (Å²) in [5.41, 5.74) is 7.46. The van der Waals surface area contributed by atoms with Crippen LogP contribution in [0.1, 0.15) is 29.4 Å². The van der Waals surface area contributed by atoms with Gasteiger partial charge in [-0.05, 0) is 42.8 Å². The third kappa shape index (κ3) is 4.29. The van der Waals surface area contributed by atoms with Gasteiger partial charge in [0.1, 0.15) is 5.75 Å². The Morgan fingerprint density at radius 2 is 2.05 bits per heavy atom. The molecule has 2 aromatic rings. The summed E-state index contributed by atoms with van der Waals surface area (Å²) >= 11 is 0. The molecule has 0 spiro atoms. The van der Waals surface area contributed by atoms with Crippen molar-refractivity contribution in [1.29, 1.82) is 0 Å². The van der Waals surface area contributed by atoms with E-state index < -0.39 is 0 Å². The summed E-state index contributed by atoms with van der Waals surface area (Å²) in [6.07, 6.45) is 2.54. The molecule has 0 atom stereocenters. The molecule has 0 unspecified atom stereocenters. The number of benzene rings is 1. The van der Waals surface area contributed by atoms with E-state index in [1.807, 2.05) is 24.3 Å². The highest BCUT2D eigenvalue weighted by molar-refractivity contribution is 6.04. The Labute approximate surface area is 124 Å². The van der Waals surface area contributed by atoms with Gasteiger partial charge in [-0.1, -0.05) is 6.92 Å². The van der Waals surface area contributed by atoms with Gasteiger partial charge in [-0.15, -0.1) is 0 Å². The Hall–Kier alpha value is -2.40. The van der Waals surface area contributed by atoms with Crippen LogP contribution in [0.15, 0.2) is 42.6 Å². The van der Waals surface area contributed by atoms with E-state index in [1.165, 1.54) is 0 Å². The van der Waals surface area contributed by atoms with E-state index in [-0.39, 0.29) is 5.91 Å². The summed E-state index contributed by atoms with van der Waals surface area (Å²) < 4.78 is 5.50. The van der Waals surface area contributed by atoms with Gasteiger partial charge in [0, 0.05) is 24.0 Å². The van der Waals surface area contributed by atoms with Crippen LogP contribution < -0.4 is 15.8 Å². The van der Waals surface area contributed by atoms with Crippen molar-refractivity contribution in [3.05, 3.63) is 53.9 Å². The summed E-state index contributed by atoms with van der Waals surface area (Å²) in [7, 11) is 0. The fourth-order valence-electron chi connectivity index (χ4n) is 1.79. The number of hydrogen-bond donors (Lipinski definition) is 2. The molecule has 3 N–H and O–H groups in total. The van der Waals surface area contributed by atoms with Gasteiger partial charge in [-0.3, -0.25) is 9.78 Å². The number of nitrogens with two attached hydrogens (primary N) is 1. The highest BCUT2D eigenvalue weighted by Crippen LogP contribution is 2.16. The third-order valence-corrected chi connectivity index (χ3v) is 2.87. The summed E-state index contributed by atoms with van der Waals surface area (Å²) in [4.78, 5) is 16.2. The van der Waals surface area contributed by atoms with Crippen molar-refractivity contribution in [2.75, 3.05) is 11.9 Å². The fraction of sp³-hybridized carbons (Fsp3) is 0.250. The van der Waals surface area contributed by atoms with Crippen molar-refractivity contribution in [1.82, 2.24) is 4.98 Å². The zero-order valence-corrected chi connectivity index (χ0v) is 12.0. The first-order chi connectivity index (χ1) is 10.2. The van der Waals surface area contributed by atoms with E-state index in [9.17, 15) is 4.79 Å². The minimum absolute atomic E-state index is 0.186. The number of aromatic nitrogens is 1. The highest BCUT2D eigenvalue weighted by atomic mass is 16.5. The first-order valence-electron chi connectivity index (χ1n) is 6.92. The van der Waals surface area contributed by atoms with Crippen LogP contribution in [0.5, 0.6) is 5.75 Å². The number of anilines is 1. The lowest BCUT2D eigenvalue weighted by atomic mass is 10.2. The zero-order chi connectivity index (χ0) is 15.1. The monoisotopic (exact) mass is 285 g/mol. The average Bonchev–Trinajstić information content (AvgIpc) is 2.54. The van der Waals surface area contributed by atoms with Crippen LogP contribution >= 0.6 is 0 Å². The molecule has 0 saturated heterocycles. The predicted octanol–water partition coefficient (Wildman–Crippen LogP) is 2.58. The Kier molecular flexibility index (Phi) is 5.29. The molecule has 0 aliphatic heterocycles. The zero-order valence-electron chi connectivity index (χ0n) is 12.0. The average molecular weight is 285 g/mol. The summed E-state index contributed by atoms with van der Waals surface area (Å²) in [5.74, 6) is 0.610. The molecule has 1 aromatic carbocycles. The molecule has 2 rings (SSSR count). The smallest absolute Gasteiger partial charge is 0.255 e. The third-order valence-electron chi connectivity index (χ3n) is 2.87. The number of hydrogen-bond acceptors (Lipinski definition) is 4. The number of nitrogens with one attached hydrogen (secondary N) is 1. The van der Waals surface area contributed by atoms with Gasteiger partial charge in [-0.2, -0.15) is 0 Å². The first kappa shape index (κ1) is 15.0. The number of amides is 1. The van der Waals surface area contributed by atoms with Crippen LogP contribution in [0.2, 0.25) is 0 Å². The predicted molar refractivity (Wildman–Crippen MR) is 82.3 cm³/mol. The van der Waals surface area contributed by atoms with Gasteiger partial charge in [0.15, 0.2) is 0 Å². The minimum Gasteiger partial charge on any atom is -0.494 e. The highest BCUT2D eigenvalue weighted by Gasteiger charge is 2.07. The Morgan fingerprint density at radius 3 is 2.71 bits per heavy atom. The number of ether oxygens (including phenoxy) is 1. The lowest BCUT2D eigenvalue weighted by Crippen LogP contribution is -2.13. The number of rotatable bonds is 6. The maximum Gasteiger partial charge on any atom is 0.255 e. The van der Waals surface area contributed by atoms with Gasteiger partial charge >= 0.3 is 0 Å². The molecule has 0 radical (unpaired) electrons. The van der Waals surface area contributed by atoms with E-state index in [4.69, 9.17) is 10.5 Å². The van der Waals surface area contributed by atoms with Crippen LogP contribution in [0, 0.1) is 0 Å². The normalized spacial score (nSPS) is 10.2.